The molecule has 1 aromatic carbocycles. The fourth-order valence-corrected chi connectivity index (χ4v) is 3.17. The maximum atomic E-state index is 12.4. The monoisotopic (exact) mass is 367 g/mol. The van der Waals surface area contributed by atoms with E-state index in [4.69, 9.17) is 11.5 Å². The number of benzene rings is 1. The van der Waals surface area contributed by atoms with E-state index in [1.54, 1.807) is 24.3 Å². The fourth-order valence-electron chi connectivity index (χ4n) is 1.82. The molecule has 0 radical (unpaired) electrons. The largest absolute Gasteiger partial charge is 0.399 e. The minimum Gasteiger partial charge on any atom is -0.399 e. The summed E-state index contributed by atoms with van der Waals surface area (Å²) >= 11 is 4.64. The molecule has 1 heterocycles. The molecule has 0 aliphatic rings. The van der Waals surface area contributed by atoms with Gasteiger partial charge >= 0.3 is 0 Å². The van der Waals surface area contributed by atoms with Gasteiger partial charge in [0, 0.05) is 12.2 Å². The van der Waals surface area contributed by atoms with E-state index in [1.807, 2.05) is 12.1 Å². The second-order valence-electron chi connectivity index (χ2n) is 4.47. The minimum atomic E-state index is -0.547. The Hall–Kier alpha value is -1.86. The third-order valence-electron chi connectivity index (χ3n) is 2.77. The number of anilines is 1. The second-order valence-corrected chi connectivity index (χ2v) is 6.94. The molecule has 5 nitrogen and oxygen atoms in total. The van der Waals surface area contributed by atoms with Gasteiger partial charge < -0.3 is 16.4 Å². The highest BCUT2D eigenvalue weighted by Gasteiger charge is 2.19. The van der Waals surface area contributed by atoms with E-state index in [1.165, 1.54) is 16.2 Å². The molecule has 0 spiro atoms. The topological polar surface area (TPSA) is 89.4 Å². The lowest BCUT2D eigenvalue weighted by Crippen LogP contribution is -2.37. The van der Waals surface area contributed by atoms with E-state index in [2.05, 4.69) is 15.9 Å². The number of nitrogens with zero attached hydrogens (tertiary/aromatic N) is 1. The summed E-state index contributed by atoms with van der Waals surface area (Å²) < 4.78 is 0.859. The smallest absolute Gasteiger partial charge is 0.264 e. The van der Waals surface area contributed by atoms with Crippen LogP contribution < -0.4 is 11.5 Å². The first-order valence-electron chi connectivity index (χ1n) is 6.13. The van der Waals surface area contributed by atoms with Crippen LogP contribution in [0.3, 0.4) is 0 Å². The molecule has 21 heavy (non-hydrogen) atoms. The molecule has 4 N–H and O–H groups in total. The van der Waals surface area contributed by atoms with Crippen LogP contribution in [0.25, 0.3) is 0 Å². The summed E-state index contributed by atoms with van der Waals surface area (Å²) in [6.45, 7) is 0.177. The van der Waals surface area contributed by atoms with Crippen LogP contribution in [0.1, 0.15) is 15.2 Å². The zero-order valence-electron chi connectivity index (χ0n) is 11.1. The van der Waals surface area contributed by atoms with Gasteiger partial charge in [-0.25, -0.2) is 0 Å². The predicted octanol–water partition coefficient (Wildman–Crippen LogP) is 2.22. The Labute approximate surface area is 134 Å². The number of hydrogen-bond acceptors (Lipinski definition) is 4. The van der Waals surface area contributed by atoms with Gasteiger partial charge in [0.1, 0.15) is 6.54 Å². The van der Waals surface area contributed by atoms with Crippen molar-refractivity contribution in [3.05, 3.63) is 50.6 Å². The van der Waals surface area contributed by atoms with Crippen LogP contribution in [0.5, 0.6) is 0 Å². The van der Waals surface area contributed by atoms with Gasteiger partial charge in [-0.2, -0.15) is 0 Å². The van der Waals surface area contributed by atoms with Crippen LogP contribution in [-0.2, 0) is 11.3 Å². The van der Waals surface area contributed by atoms with Crippen molar-refractivity contribution < 1.29 is 9.59 Å². The Balaban J connectivity index is 2.19. The van der Waals surface area contributed by atoms with Crippen LogP contribution >= 0.6 is 27.3 Å². The average Bonchev–Trinajstić information content (AvgIpc) is 2.86. The molecule has 0 atom stereocenters. The molecule has 2 amide bonds. The number of nitrogens with two attached hydrogens (primary N) is 2. The highest BCUT2D eigenvalue weighted by molar-refractivity contribution is 9.11. The Morgan fingerprint density at radius 2 is 1.81 bits per heavy atom. The fraction of sp³-hybridized carbons (Fsp3) is 0.143. The van der Waals surface area contributed by atoms with Crippen LogP contribution in [0.2, 0.25) is 0 Å². The normalized spacial score (nSPS) is 10.3. The highest BCUT2D eigenvalue weighted by Crippen LogP contribution is 2.24. The molecule has 110 valence electrons. The van der Waals surface area contributed by atoms with Crippen LogP contribution in [-0.4, -0.2) is 23.3 Å². The van der Waals surface area contributed by atoms with Crippen LogP contribution in [0, 0.1) is 0 Å². The Bertz CT molecular complexity index is 654. The number of rotatable bonds is 5. The summed E-state index contributed by atoms with van der Waals surface area (Å²) in [6.07, 6.45) is 0. The summed E-state index contributed by atoms with van der Waals surface area (Å²) in [5, 5.41) is 0. The van der Waals surface area contributed by atoms with Crippen molar-refractivity contribution in [2.24, 2.45) is 5.73 Å². The first kappa shape index (κ1) is 15.5. The minimum absolute atomic E-state index is 0.126. The first-order chi connectivity index (χ1) is 9.95. The van der Waals surface area contributed by atoms with Gasteiger partial charge in [0.25, 0.3) is 5.91 Å². The SMILES string of the molecule is NC(=O)CN(Cc1ccc(N)cc1)C(=O)c1ccc(Br)s1. The average molecular weight is 368 g/mol. The summed E-state index contributed by atoms with van der Waals surface area (Å²) in [5.41, 5.74) is 12.4. The van der Waals surface area contributed by atoms with E-state index in [0.717, 1.165) is 9.35 Å². The molecule has 0 bridgehead atoms. The summed E-state index contributed by atoms with van der Waals surface area (Å²) in [5.74, 6) is -0.768. The van der Waals surface area contributed by atoms with Crippen molar-refractivity contribution in [2.45, 2.75) is 6.54 Å². The molecule has 0 saturated carbocycles. The van der Waals surface area contributed by atoms with Crippen molar-refractivity contribution in [2.75, 3.05) is 12.3 Å². The zero-order valence-corrected chi connectivity index (χ0v) is 13.5. The summed E-state index contributed by atoms with van der Waals surface area (Å²) in [6, 6.07) is 10.7. The summed E-state index contributed by atoms with van der Waals surface area (Å²) in [4.78, 5) is 25.6. The van der Waals surface area contributed by atoms with E-state index in [0.29, 0.717) is 17.1 Å². The number of halogens is 1. The quantitative estimate of drug-likeness (QED) is 0.793. The number of thiophene rings is 1. The Morgan fingerprint density at radius 3 is 2.33 bits per heavy atom. The number of carbonyl (C=O) groups is 2. The molecular weight excluding hydrogens is 354 g/mol. The highest BCUT2D eigenvalue weighted by atomic mass is 79.9. The standard InChI is InChI=1S/C14H14BrN3O2S/c15-12-6-5-11(21-12)14(20)18(8-13(17)19)7-9-1-3-10(16)4-2-9/h1-6H,7-8,16H2,(H2,17,19). The molecule has 2 aromatic rings. The van der Waals surface area contributed by atoms with Crippen molar-refractivity contribution in [3.63, 3.8) is 0 Å². The first-order valence-corrected chi connectivity index (χ1v) is 7.74. The predicted molar refractivity (Wildman–Crippen MR) is 86.8 cm³/mol. The maximum Gasteiger partial charge on any atom is 0.264 e. The van der Waals surface area contributed by atoms with Gasteiger partial charge in [-0.1, -0.05) is 12.1 Å². The lowest BCUT2D eigenvalue weighted by atomic mass is 10.2. The number of primary amides is 1. The Kier molecular flexibility index (Phi) is 4.98. The van der Waals surface area contributed by atoms with Gasteiger partial charge in [-0.15, -0.1) is 11.3 Å². The van der Waals surface area contributed by atoms with Crippen LogP contribution in [0.15, 0.2) is 40.2 Å². The third kappa shape index (κ3) is 4.30. The maximum absolute atomic E-state index is 12.4. The van der Waals surface area contributed by atoms with Crippen LogP contribution in [0.4, 0.5) is 5.69 Å². The van der Waals surface area contributed by atoms with E-state index >= 15 is 0 Å². The van der Waals surface area contributed by atoms with E-state index < -0.39 is 5.91 Å². The molecule has 2 rings (SSSR count). The number of nitrogen functional groups attached to an aromatic ring is 1. The summed E-state index contributed by atoms with van der Waals surface area (Å²) in [7, 11) is 0. The molecule has 0 fully saturated rings. The molecule has 0 aliphatic carbocycles. The molecule has 7 heteroatoms. The van der Waals surface area contributed by atoms with Gasteiger partial charge in [-0.3, -0.25) is 9.59 Å². The van der Waals surface area contributed by atoms with Crippen molar-refractivity contribution in [1.82, 2.24) is 4.90 Å². The van der Waals surface area contributed by atoms with Crippen molar-refractivity contribution in [3.8, 4) is 0 Å². The third-order valence-corrected chi connectivity index (χ3v) is 4.38. The molecular formula is C14H14BrN3O2S. The molecule has 0 saturated heterocycles. The lowest BCUT2D eigenvalue weighted by Gasteiger charge is -2.20. The van der Waals surface area contributed by atoms with E-state index in [-0.39, 0.29) is 12.5 Å². The number of hydrogen-bond donors (Lipinski definition) is 2. The molecule has 0 unspecified atom stereocenters. The zero-order chi connectivity index (χ0) is 15.4. The van der Waals surface area contributed by atoms with Crippen molar-refractivity contribution in [1.29, 1.82) is 0 Å². The molecule has 0 aliphatic heterocycles. The number of carbonyl (C=O) groups excluding carboxylic acids is 2. The Morgan fingerprint density at radius 1 is 1.14 bits per heavy atom. The molecule has 1 aromatic heterocycles. The number of amides is 2. The van der Waals surface area contributed by atoms with Gasteiger partial charge in [-0.05, 0) is 45.8 Å². The van der Waals surface area contributed by atoms with E-state index in [9.17, 15) is 9.59 Å². The van der Waals surface area contributed by atoms with Gasteiger partial charge in [0.15, 0.2) is 0 Å². The van der Waals surface area contributed by atoms with Gasteiger partial charge in [0.05, 0.1) is 8.66 Å². The van der Waals surface area contributed by atoms with Crippen molar-refractivity contribution >= 4 is 44.8 Å². The van der Waals surface area contributed by atoms with Gasteiger partial charge in [0.2, 0.25) is 5.91 Å². The second kappa shape index (κ2) is 6.73. The lowest BCUT2D eigenvalue weighted by molar-refractivity contribution is -0.118.